The molecule has 0 unspecified atom stereocenters. The lowest BCUT2D eigenvalue weighted by Crippen LogP contribution is -2.07. The van der Waals surface area contributed by atoms with Gasteiger partial charge in [-0.05, 0) is 27.2 Å². The summed E-state index contributed by atoms with van der Waals surface area (Å²) in [5.74, 6) is 0.711. The van der Waals surface area contributed by atoms with Crippen LogP contribution in [0.1, 0.15) is 45.9 Å². The Morgan fingerprint density at radius 1 is 1.60 bits per heavy atom. The lowest BCUT2D eigenvalue weighted by molar-refractivity contribution is 0.607. The van der Waals surface area contributed by atoms with Gasteiger partial charge in [0, 0.05) is 12.6 Å². The van der Waals surface area contributed by atoms with Gasteiger partial charge in [0.25, 0.3) is 0 Å². The lowest BCUT2D eigenvalue weighted by atomic mass is 10.3. The van der Waals surface area contributed by atoms with Crippen LogP contribution in [0.25, 0.3) is 0 Å². The maximum atomic E-state index is 6.00. The molecule has 4 nitrogen and oxygen atoms in total. The number of aliphatic imine (C=N–C) groups is 1. The monoisotopic (exact) mass is 208 g/mol. The van der Waals surface area contributed by atoms with E-state index in [1.165, 1.54) is 0 Å². The molecule has 0 aliphatic carbocycles. The minimum Gasteiger partial charge on any atom is -0.383 e. The van der Waals surface area contributed by atoms with Crippen molar-refractivity contribution in [3.05, 3.63) is 12.0 Å². The Bertz CT molecular complexity index is 349. The first-order valence-corrected chi connectivity index (χ1v) is 5.41. The van der Waals surface area contributed by atoms with Gasteiger partial charge in [0.2, 0.25) is 0 Å². The first-order chi connectivity index (χ1) is 7.07. The molecule has 0 fully saturated rings. The largest absolute Gasteiger partial charge is 0.383 e. The van der Waals surface area contributed by atoms with Crippen molar-refractivity contribution in [2.45, 2.75) is 40.2 Å². The topological polar surface area (TPSA) is 56.2 Å². The van der Waals surface area contributed by atoms with Crippen molar-refractivity contribution >= 4 is 11.5 Å². The van der Waals surface area contributed by atoms with Crippen molar-refractivity contribution in [2.24, 2.45) is 4.99 Å². The molecule has 4 heteroatoms. The number of nitrogens with two attached hydrogens (primary N) is 1. The fraction of sp³-hybridized carbons (Fsp3) is 0.636. The fourth-order valence-corrected chi connectivity index (χ4v) is 1.42. The van der Waals surface area contributed by atoms with Crippen LogP contribution in [0.4, 0.5) is 5.82 Å². The highest BCUT2D eigenvalue weighted by Crippen LogP contribution is 2.16. The molecule has 0 aliphatic rings. The van der Waals surface area contributed by atoms with E-state index in [4.69, 9.17) is 5.73 Å². The zero-order valence-electron chi connectivity index (χ0n) is 9.99. The number of hydrogen-bond donors (Lipinski definition) is 1. The first kappa shape index (κ1) is 11.8. The van der Waals surface area contributed by atoms with Gasteiger partial charge in [-0.15, -0.1) is 0 Å². The van der Waals surface area contributed by atoms with Crippen LogP contribution in [0.3, 0.4) is 0 Å². The Morgan fingerprint density at radius 2 is 2.27 bits per heavy atom. The molecule has 2 N–H and O–H groups in total. The fourth-order valence-electron chi connectivity index (χ4n) is 1.42. The van der Waals surface area contributed by atoms with Crippen molar-refractivity contribution in [3.63, 3.8) is 0 Å². The van der Waals surface area contributed by atoms with Gasteiger partial charge in [0.15, 0.2) is 0 Å². The number of aromatic nitrogens is 2. The molecule has 1 aromatic heterocycles. The molecule has 1 rings (SSSR count). The van der Waals surface area contributed by atoms with E-state index >= 15 is 0 Å². The van der Waals surface area contributed by atoms with Gasteiger partial charge in [-0.3, -0.25) is 4.99 Å². The smallest absolute Gasteiger partial charge is 0.133 e. The van der Waals surface area contributed by atoms with Gasteiger partial charge in [-0.2, -0.15) is 0 Å². The second kappa shape index (κ2) is 4.96. The minimum atomic E-state index is 0.338. The van der Waals surface area contributed by atoms with Crippen molar-refractivity contribution in [1.82, 2.24) is 9.55 Å². The molecule has 0 aliphatic heterocycles. The molecule has 0 saturated carbocycles. The molecule has 0 amide bonds. The summed E-state index contributed by atoms with van der Waals surface area (Å²) in [4.78, 5) is 8.70. The van der Waals surface area contributed by atoms with Gasteiger partial charge >= 0.3 is 0 Å². The van der Waals surface area contributed by atoms with E-state index in [-0.39, 0.29) is 0 Å². The van der Waals surface area contributed by atoms with E-state index in [0.717, 1.165) is 24.4 Å². The molecular weight excluding hydrogens is 188 g/mol. The number of rotatable bonds is 4. The van der Waals surface area contributed by atoms with E-state index in [9.17, 15) is 0 Å². The van der Waals surface area contributed by atoms with E-state index in [1.807, 2.05) is 11.5 Å². The standard InChI is InChI=1S/C11H20N4/c1-5-6-13-9(4)10-11(12)15(7-14-10)8(2)3/h7-8H,5-6,12H2,1-4H3/b13-9-. The van der Waals surface area contributed by atoms with Gasteiger partial charge in [0.05, 0.1) is 12.0 Å². The van der Waals surface area contributed by atoms with Crippen LogP contribution < -0.4 is 5.73 Å². The molecule has 0 saturated heterocycles. The SMILES string of the molecule is CCC/N=C(/C)c1ncn(C(C)C)c1N. The Labute approximate surface area is 91.2 Å². The highest BCUT2D eigenvalue weighted by molar-refractivity contribution is 6.00. The van der Waals surface area contributed by atoms with Gasteiger partial charge < -0.3 is 10.3 Å². The zero-order chi connectivity index (χ0) is 11.4. The van der Waals surface area contributed by atoms with E-state index in [2.05, 4.69) is 30.7 Å². The third-order valence-corrected chi connectivity index (χ3v) is 2.30. The minimum absolute atomic E-state index is 0.338. The highest BCUT2D eigenvalue weighted by Gasteiger charge is 2.11. The van der Waals surface area contributed by atoms with Crippen molar-refractivity contribution in [3.8, 4) is 0 Å². The molecular formula is C11H20N4. The summed E-state index contributed by atoms with van der Waals surface area (Å²) in [7, 11) is 0. The van der Waals surface area contributed by atoms with Crippen LogP contribution in [-0.2, 0) is 0 Å². The second-order valence-electron chi connectivity index (χ2n) is 3.95. The zero-order valence-corrected chi connectivity index (χ0v) is 9.99. The molecule has 15 heavy (non-hydrogen) atoms. The van der Waals surface area contributed by atoms with E-state index in [0.29, 0.717) is 11.9 Å². The third-order valence-electron chi connectivity index (χ3n) is 2.30. The third kappa shape index (κ3) is 2.58. The molecule has 0 bridgehead atoms. The van der Waals surface area contributed by atoms with Crippen molar-refractivity contribution in [2.75, 3.05) is 12.3 Å². The quantitative estimate of drug-likeness (QED) is 0.772. The molecule has 0 spiro atoms. The number of anilines is 1. The second-order valence-corrected chi connectivity index (χ2v) is 3.95. The van der Waals surface area contributed by atoms with Crippen molar-refractivity contribution in [1.29, 1.82) is 0 Å². The number of hydrogen-bond acceptors (Lipinski definition) is 3. The van der Waals surface area contributed by atoms with Crippen molar-refractivity contribution < 1.29 is 0 Å². The summed E-state index contributed by atoms with van der Waals surface area (Å²) < 4.78 is 1.96. The predicted octanol–water partition coefficient (Wildman–Crippen LogP) is 2.27. The Balaban J connectivity index is 2.96. The Morgan fingerprint density at radius 3 is 2.73 bits per heavy atom. The normalized spacial score (nSPS) is 12.5. The predicted molar refractivity (Wildman–Crippen MR) is 64.4 cm³/mol. The van der Waals surface area contributed by atoms with Gasteiger partial charge in [-0.1, -0.05) is 6.92 Å². The van der Waals surface area contributed by atoms with Crippen LogP contribution in [-0.4, -0.2) is 21.8 Å². The number of imidazole rings is 1. The molecule has 84 valence electrons. The first-order valence-electron chi connectivity index (χ1n) is 5.41. The van der Waals surface area contributed by atoms with Crippen LogP contribution in [0.2, 0.25) is 0 Å². The van der Waals surface area contributed by atoms with Gasteiger partial charge in [-0.25, -0.2) is 4.98 Å². The van der Waals surface area contributed by atoms with Crippen LogP contribution in [0.15, 0.2) is 11.3 Å². The lowest BCUT2D eigenvalue weighted by Gasteiger charge is -2.08. The van der Waals surface area contributed by atoms with Crippen LogP contribution in [0, 0.1) is 0 Å². The number of nitrogen functional groups attached to an aromatic ring is 1. The molecule has 1 heterocycles. The average molecular weight is 208 g/mol. The van der Waals surface area contributed by atoms with E-state index < -0.39 is 0 Å². The summed E-state index contributed by atoms with van der Waals surface area (Å²) in [6, 6.07) is 0.338. The number of nitrogens with zero attached hydrogens (tertiary/aromatic N) is 3. The van der Waals surface area contributed by atoms with Crippen LogP contribution in [0.5, 0.6) is 0 Å². The average Bonchev–Trinajstić information content (AvgIpc) is 2.56. The Kier molecular flexibility index (Phi) is 3.88. The summed E-state index contributed by atoms with van der Waals surface area (Å²) in [6.45, 7) is 9.06. The Hall–Kier alpha value is -1.32. The van der Waals surface area contributed by atoms with Gasteiger partial charge in [0.1, 0.15) is 11.5 Å². The summed E-state index contributed by atoms with van der Waals surface area (Å²) in [6.07, 6.45) is 2.82. The highest BCUT2D eigenvalue weighted by atomic mass is 15.1. The maximum Gasteiger partial charge on any atom is 0.133 e. The molecule has 0 radical (unpaired) electrons. The summed E-state index contributed by atoms with van der Waals surface area (Å²) in [5.41, 5.74) is 7.74. The molecule has 0 atom stereocenters. The summed E-state index contributed by atoms with van der Waals surface area (Å²) >= 11 is 0. The van der Waals surface area contributed by atoms with Crippen LogP contribution >= 0.6 is 0 Å². The molecule has 1 aromatic rings. The molecule has 0 aromatic carbocycles. The summed E-state index contributed by atoms with van der Waals surface area (Å²) in [5, 5.41) is 0. The van der Waals surface area contributed by atoms with E-state index in [1.54, 1.807) is 6.33 Å². The maximum absolute atomic E-state index is 6.00.